The Morgan fingerprint density at radius 2 is 0.738 bits per heavy atom. The predicted octanol–water partition coefficient (Wildman–Crippen LogP) is 14.1. The summed E-state index contributed by atoms with van der Waals surface area (Å²) in [5, 5.41) is 9.05. The Labute approximate surface area is 432 Å². The summed E-state index contributed by atoms with van der Waals surface area (Å²) in [4.78, 5) is 15.1. The lowest BCUT2D eigenvalue weighted by molar-refractivity contribution is -0.692. The molecule has 0 atom stereocenters. The van der Waals surface area contributed by atoms with Gasteiger partial charge in [-0.05, 0) is 42.5 Å². The average molecular weight is 1170 g/mol. The molecular formula is C50H27BF24N2O3. The molecule has 7 aromatic rings. The van der Waals surface area contributed by atoms with Gasteiger partial charge in [-0.2, -0.15) is 132 Å². The Kier molecular flexibility index (Phi) is 16.5. The molecule has 1 N–H and O–H groups in total. The average Bonchev–Trinajstić information content (AvgIpc) is 3.34. The normalized spacial score (nSPS) is 13.2. The van der Waals surface area contributed by atoms with Gasteiger partial charge in [0, 0.05) is 5.56 Å². The van der Waals surface area contributed by atoms with Gasteiger partial charge in [-0.1, -0.05) is 84.9 Å². The number of halogens is 24. The van der Waals surface area contributed by atoms with Crippen molar-refractivity contribution < 1.29 is 125 Å². The summed E-state index contributed by atoms with van der Waals surface area (Å²) in [6.45, 7) is 0.636. The minimum absolute atomic E-state index is 0.181. The maximum absolute atomic E-state index is 14.2. The van der Waals surface area contributed by atoms with Crippen LogP contribution in [0.2, 0.25) is 0 Å². The maximum Gasteiger partial charge on any atom is 0.416 e. The van der Waals surface area contributed by atoms with Crippen LogP contribution < -0.4 is 31.2 Å². The molecule has 7 rings (SSSR count). The number of alkyl halides is 24. The molecule has 0 spiro atoms. The van der Waals surface area contributed by atoms with Gasteiger partial charge < -0.3 is 9.84 Å². The number of aromatic carboxylic acids is 1. The number of carboxylic acid groups (broad SMARTS) is 1. The molecule has 0 aliphatic rings. The predicted molar refractivity (Wildman–Crippen MR) is 234 cm³/mol. The summed E-state index contributed by atoms with van der Waals surface area (Å²) in [5.74, 6) is 0.0115. The molecule has 0 saturated carbocycles. The first-order valence-corrected chi connectivity index (χ1v) is 21.7. The van der Waals surface area contributed by atoms with Crippen LogP contribution in [0.5, 0.6) is 11.6 Å². The molecule has 0 aliphatic carbocycles. The number of ether oxygens (including phenoxy) is 1. The Bertz CT molecular complexity index is 2940. The molecule has 30 heteroatoms. The zero-order valence-corrected chi connectivity index (χ0v) is 38.9. The zero-order chi connectivity index (χ0) is 60.0. The third kappa shape index (κ3) is 14.3. The smallest absolute Gasteiger partial charge is 0.416 e. The van der Waals surface area contributed by atoms with Crippen molar-refractivity contribution in [3.8, 4) is 11.6 Å². The summed E-state index contributed by atoms with van der Waals surface area (Å²) in [5.41, 5.74) is -28.9. The van der Waals surface area contributed by atoms with Crippen LogP contribution in [0.3, 0.4) is 0 Å². The first-order chi connectivity index (χ1) is 36.5. The van der Waals surface area contributed by atoms with E-state index in [1.54, 1.807) is 24.5 Å². The van der Waals surface area contributed by atoms with Crippen molar-refractivity contribution in [1.82, 2.24) is 4.98 Å². The monoisotopic (exact) mass is 1170 g/mol. The van der Waals surface area contributed by atoms with E-state index < -0.39 is 201 Å². The second-order valence-corrected chi connectivity index (χ2v) is 17.2. The van der Waals surface area contributed by atoms with Crippen LogP contribution in [-0.2, 0) is 56.0 Å². The molecule has 0 amide bonds. The highest BCUT2D eigenvalue weighted by atomic mass is 19.4. The number of nitrogens with zero attached hydrogens (tertiary/aromatic N) is 2. The first kappa shape index (κ1) is 61.3. The van der Waals surface area contributed by atoms with Gasteiger partial charge in [0.05, 0.1) is 56.3 Å². The molecule has 5 nitrogen and oxygen atoms in total. The lowest BCUT2D eigenvalue weighted by atomic mass is 9.12. The molecule has 0 saturated heterocycles. The standard InChI is InChI=1S/C32H12BF24.C18H14N2O3/c34-25(35,36)13-1-14(26(37,38)39)6-21(5-13)33(22-7-15(27(40,41)42)2-16(8-22)28(43,44)45,23-9-17(29(46,47)48)3-18(10-23)30(49,50)51)24-11-19(31(52,53)54)4-20(12-24)32(55,56)57;21-18(22)15-7-4-8-16(11-15)23-17-12-19-9-10-20(17)13-14-5-2-1-3-6-14/h1-12H;1-12H,13H2/q-1;/p+1. The van der Waals surface area contributed by atoms with Crippen molar-refractivity contribution in [2.24, 2.45) is 0 Å². The van der Waals surface area contributed by atoms with E-state index in [1.807, 2.05) is 41.1 Å². The fourth-order valence-corrected chi connectivity index (χ4v) is 8.25. The van der Waals surface area contributed by atoms with E-state index in [0.717, 1.165) is 5.56 Å². The van der Waals surface area contributed by atoms with E-state index in [1.165, 1.54) is 12.1 Å². The quantitative estimate of drug-likeness (QED) is 0.0889. The minimum Gasteiger partial charge on any atom is -0.478 e. The fourth-order valence-electron chi connectivity index (χ4n) is 8.25. The molecule has 1 heterocycles. The SMILES string of the molecule is FC(F)(F)c1cc([B-](c2cc(C(F)(F)F)cc(C(F)(F)F)c2)(c2cc(C(F)(F)F)cc(C(F)(F)F)c2)c2cc(C(F)(F)F)cc(C(F)(F)F)c2)cc(C(F)(F)F)c1.O=C(O)c1cccc(Oc2cncc[n+]2Cc2ccccc2)c1. The molecular weight excluding hydrogens is 1140 g/mol. The van der Waals surface area contributed by atoms with Crippen molar-refractivity contribution in [3.05, 3.63) is 202 Å². The van der Waals surface area contributed by atoms with Gasteiger partial charge in [0.1, 0.15) is 18.1 Å². The van der Waals surface area contributed by atoms with Gasteiger partial charge in [-0.15, -0.1) is 0 Å². The Morgan fingerprint density at radius 3 is 1.02 bits per heavy atom. The Hall–Kier alpha value is -7.95. The van der Waals surface area contributed by atoms with Gasteiger partial charge >= 0.3 is 61.3 Å². The Balaban J connectivity index is 0.000000370. The van der Waals surface area contributed by atoms with Crippen molar-refractivity contribution >= 4 is 34.0 Å². The van der Waals surface area contributed by atoms with Crippen LogP contribution >= 0.6 is 0 Å². The summed E-state index contributed by atoms with van der Waals surface area (Å²) in [7, 11) is 0. The van der Waals surface area contributed by atoms with Gasteiger partial charge in [-0.3, -0.25) is 0 Å². The number of hydrogen-bond acceptors (Lipinski definition) is 3. The highest BCUT2D eigenvalue weighted by Gasteiger charge is 2.47. The second-order valence-electron chi connectivity index (χ2n) is 17.2. The molecule has 80 heavy (non-hydrogen) atoms. The minimum atomic E-state index is -6.13. The highest BCUT2D eigenvalue weighted by molar-refractivity contribution is 7.20. The van der Waals surface area contributed by atoms with E-state index in [4.69, 9.17) is 9.84 Å². The zero-order valence-electron chi connectivity index (χ0n) is 38.9. The molecule has 426 valence electrons. The van der Waals surface area contributed by atoms with Crippen LogP contribution in [0.1, 0.15) is 60.4 Å². The van der Waals surface area contributed by atoms with Gasteiger partial charge in [0.15, 0.2) is 12.7 Å². The highest BCUT2D eigenvalue weighted by Crippen LogP contribution is 2.41. The maximum atomic E-state index is 14.2. The first-order valence-electron chi connectivity index (χ1n) is 21.7. The van der Waals surface area contributed by atoms with Crippen molar-refractivity contribution in [1.29, 1.82) is 0 Å². The van der Waals surface area contributed by atoms with Crippen molar-refractivity contribution in [3.63, 3.8) is 0 Å². The molecule has 1 aromatic heterocycles. The molecule has 0 unspecified atom stereocenters. The van der Waals surface area contributed by atoms with E-state index >= 15 is 0 Å². The van der Waals surface area contributed by atoms with E-state index in [-0.39, 0.29) is 5.56 Å². The van der Waals surface area contributed by atoms with Crippen LogP contribution in [0, 0.1) is 0 Å². The molecule has 6 aromatic carbocycles. The number of carboxylic acids is 1. The van der Waals surface area contributed by atoms with Crippen LogP contribution in [0.25, 0.3) is 0 Å². The number of carbonyl (C=O) groups is 1. The third-order valence-corrected chi connectivity index (χ3v) is 11.7. The summed E-state index contributed by atoms with van der Waals surface area (Å²) in [6.07, 6.45) is -49.7. The number of rotatable bonds is 9. The topological polar surface area (TPSA) is 63.3 Å². The van der Waals surface area contributed by atoms with E-state index in [9.17, 15) is 110 Å². The number of hydrogen-bond donors (Lipinski definition) is 1. The van der Waals surface area contributed by atoms with Crippen LogP contribution in [0.15, 0.2) is 146 Å². The largest absolute Gasteiger partial charge is 0.478 e. The Morgan fingerprint density at radius 1 is 0.425 bits per heavy atom. The molecule has 0 fully saturated rings. The number of aromatic nitrogens is 2. The van der Waals surface area contributed by atoms with Gasteiger partial charge in [-0.25, -0.2) is 9.78 Å². The van der Waals surface area contributed by atoms with Crippen LogP contribution in [0.4, 0.5) is 105 Å². The van der Waals surface area contributed by atoms with Gasteiger partial charge in [0.25, 0.3) is 0 Å². The van der Waals surface area contributed by atoms with E-state index in [0.29, 0.717) is 18.2 Å². The third-order valence-electron chi connectivity index (χ3n) is 11.7. The summed E-state index contributed by atoms with van der Waals surface area (Å²) < 4.78 is 349. The van der Waals surface area contributed by atoms with Gasteiger partial charge in [0.2, 0.25) is 0 Å². The molecule has 0 radical (unpaired) electrons. The fraction of sp³-hybridized carbons (Fsp3) is 0.180. The van der Waals surface area contributed by atoms with Crippen LogP contribution in [-0.4, -0.2) is 22.2 Å². The summed E-state index contributed by atoms with van der Waals surface area (Å²) in [6, 6.07) is 7.55. The molecule has 0 aliphatic heterocycles. The number of benzene rings is 6. The second kappa shape index (κ2) is 21.6. The lowest BCUT2D eigenvalue weighted by Crippen LogP contribution is -2.75. The summed E-state index contributed by atoms with van der Waals surface area (Å²) >= 11 is 0. The van der Waals surface area contributed by atoms with E-state index in [2.05, 4.69) is 4.98 Å². The lowest BCUT2D eigenvalue weighted by Gasteiger charge is -2.46. The van der Waals surface area contributed by atoms with Crippen molar-refractivity contribution in [2.45, 2.75) is 56.0 Å². The van der Waals surface area contributed by atoms with Crippen molar-refractivity contribution in [2.75, 3.05) is 0 Å². The molecule has 0 bridgehead atoms.